The number of hydrogen-bond donors (Lipinski definition) is 1. The van der Waals surface area contributed by atoms with Gasteiger partial charge in [0, 0.05) is 18.3 Å². The van der Waals surface area contributed by atoms with Crippen molar-refractivity contribution in [1.29, 1.82) is 0 Å². The highest BCUT2D eigenvalue weighted by Gasteiger charge is 2.37. The molecule has 4 nitrogen and oxygen atoms in total. The number of aryl methyl sites for hydroxylation is 1. The zero-order valence-electron chi connectivity index (χ0n) is 13.3. The molecule has 1 fully saturated rings. The van der Waals surface area contributed by atoms with E-state index in [2.05, 4.69) is 13.8 Å². The van der Waals surface area contributed by atoms with E-state index in [-0.39, 0.29) is 6.04 Å². The average molecular weight is 310 g/mol. The molecule has 1 aromatic carbocycles. The van der Waals surface area contributed by atoms with Gasteiger partial charge >= 0.3 is 0 Å². The van der Waals surface area contributed by atoms with Crippen molar-refractivity contribution < 1.29 is 8.42 Å². The first kappa shape index (κ1) is 16.3. The first-order chi connectivity index (χ1) is 9.77. The van der Waals surface area contributed by atoms with Crippen LogP contribution in [0.25, 0.3) is 0 Å². The van der Waals surface area contributed by atoms with E-state index in [9.17, 15) is 8.42 Å². The molecular formula is C16H26N2O2S. The van der Waals surface area contributed by atoms with Crippen molar-refractivity contribution in [2.24, 2.45) is 11.8 Å². The summed E-state index contributed by atoms with van der Waals surface area (Å²) in [5.41, 5.74) is 7.15. The Hall–Kier alpha value is -1.07. The van der Waals surface area contributed by atoms with Crippen LogP contribution in [0.15, 0.2) is 23.1 Å². The summed E-state index contributed by atoms with van der Waals surface area (Å²) >= 11 is 0. The maximum absolute atomic E-state index is 13.1. The van der Waals surface area contributed by atoms with E-state index in [1.807, 2.05) is 19.9 Å². The van der Waals surface area contributed by atoms with E-state index in [1.54, 1.807) is 16.4 Å². The van der Waals surface area contributed by atoms with Crippen LogP contribution in [-0.4, -0.2) is 25.3 Å². The van der Waals surface area contributed by atoms with Gasteiger partial charge in [0.2, 0.25) is 10.0 Å². The summed E-state index contributed by atoms with van der Waals surface area (Å²) in [6.07, 6.45) is 1.76. The van der Waals surface area contributed by atoms with Crippen LogP contribution in [0.3, 0.4) is 0 Å². The minimum Gasteiger partial charge on any atom is -0.399 e. The van der Waals surface area contributed by atoms with Gasteiger partial charge in [0.05, 0.1) is 4.90 Å². The predicted octanol–water partition coefficient (Wildman–Crippen LogP) is 2.89. The van der Waals surface area contributed by atoms with Crippen LogP contribution in [0.2, 0.25) is 0 Å². The summed E-state index contributed by atoms with van der Waals surface area (Å²) in [4.78, 5) is 0.373. The SMILES string of the molecule is CCc1ccc(N)cc1S(=O)(=O)N1CC(C)CC(C)C1C. The number of piperidine rings is 1. The second-order valence-corrected chi connectivity index (χ2v) is 8.21. The minimum atomic E-state index is -3.49. The predicted molar refractivity (Wildman–Crippen MR) is 86.5 cm³/mol. The fourth-order valence-electron chi connectivity index (χ4n) is 3.21. The van der Waals surface area contributed by atoms with Gasteiger partial charge in [-0.1, -0.05) is 26.8 Å². The largest absolute Gasteiger partial charge is 0.399 e. The zero-order valence-corrected chi connectivity index (χ0v) is 14.2. The Morgan fingerprint density at radius 3 is 2.57 bits per heavy atom. The van der Waals surface area contributed by atoms with E-state index in [0.717, 1.165) is 12.0 Å². The number of hydrogen-bond acceptors (Lipinski definition) is 3. The van der Waals surface area contributed by atoms with Crippen molar-refractivity contribution in [1.82, 2.24) is 4.31 Å². The quantitative estimate of drug-likeness (QED) is 0.873. The third-order valence-electron chi connectivity index (χ3n) is 4.60. The molecule has 1 aliphatic heterocycles. The third kappa shape index (κ3) is 3.09. The van der Waals surface area contributed by atoms with Crippen molar-refractivity contribution in [3.05, 3.63) is 23.8 Å². The van der Waals surface area contributed by atoms with Crippen molar-refractivity contribution in [3.8, 4) is 0 Å². The van der Waals surface area contributed by atoms with Crippen LogP contribution >= 0.6 is 0 Å². The van der Waals surface area contributed by atoms with Crippen LogP contribution in [0.5, 0.6) is 0 Å². The van der Waals surface area contributed by atoms with Gasteiger partial charge in [0.25, 0.3) is 0 Å². The molecule has 5 heteroatoms. The van der Waals surface area contributed by atoms with Crippen molar-refractivity contribution >= 4 is 15.7 Å². The molecule has 0 aliphatic carbocycles. The fourth-order valence-corrected chi connectivity index (χ4v) is 5.39. The van der Waals surface area contributed by atoms with Gasteiger partial charge in [-0.15, -0.1) is 0 Å². The Bertz CT molecular complexity index is 613. The van der Waals surface area contributed by atoms with Gasteiger partial charge in [0.15, 0.2) is 0 Å². The lowest BCUT2D eigenvalue weighted by atomic mass is 9.88. The summed E-state index contributed by atoms with van der Waals surface area (Å²) in [7, 11) is -3.49. The average Bonchev–Trinajstić information content (AvgIpc) is 2.42. The normalized spacial score (nSPS) is 27.7. The third-order valence-corrected chi connectivity index (χ3v) is 6.64. The number of anilines is 1. The molecule has 2 rings (SSSR count). The van der Waals surface area contributed by atoms with Gasteiger partial charge in [-0.05, 0) is 49.3 Å². The number of benzene rings is 1. The molecule has 21 heavy (non-hydrogen) atoms. The Labute approximate surface area is 128 Å². The molecular weight excluding hydrogens is 284 g/mol. The lowest BCUT2D eigenvalue weighted by Gasteiger charge is -2.40. The van der Waals surface area contributed by atoms with Crippen LogP contribution in [0.1, 0.15) is 39.7 Å². The highest BCUT2D eigenvalue weighted by molar-refractivity contribution is 7.89. The second-order valence-electron chi connectivity index (χ2n) is 6.35. The number of nitrogens with zero attached hydrogens (tertiary/aromatic N) is 1. The molecule has 118 valence electrons. The number of sulfonamides is 1. The monoisotopic (exact) mass is 310 g/mol. The lowest BCUT2D eigenvalue weighted by molar-refractivity contribution is 0.157. The smallest absolute Gasteiger partial charge is 0.243 e. The van der Waals surface area contributed by atoms with E-state index in [4.69, 9.17) is 5.73 Å². The van der Waals surface area contributed by atoms with Gasteiger partial charge in [-0.3, -0.25) is 0 Å². The topological polar surface area (TPSA) is 63.4 Å². The number of nitrogens with two attached hydrogens (primary N) is 1. The number of nitrogen functional groups attached to an aromatic ring is 1. The molecule has 0 saturated carbocycles. The summed E-state index contributed by atoms with van der Waals surface area (Å²) in [6.45, 7) is 8.81. The first-order valence-electron chi connectivity index (χ1n) is 7.67. The molecule has 0 amide bonds. The minimum absolute atomic E-state index is 0.0253. The Morgan fingerprint density at radius 2 is 1.95 bits per heavy atom. The molecule has 1 aliphatic rings. The van der Waals surface area contributed by atoms with Crippen LogP contribution in [-0.2, 0) is 16.4 Å². The molecule has 1 heterocycles. The Balaban J connectivity index is 2.48. The number of rotatable bonds is 3. The van der Waals surface area contributed by atoms with Crippen molar-refractivity contribution in [3.63, 3.8) is 0 Å². The van der Waals surface area contributed by atoms with Crippen LogP contribution in [0.4, 0.5) is 5.69 Å². The highest BCUT2D eigenvalue weighted by atomic mass is 32.2. The van der Waals surface area contributed by atoms with Crippen LogP contribution in [0, 0.1) is 11.8 Å². The zero-order chi connectivity index (χ0) is 15.8. The molecule has 0 radical (unpaired) electrons. The van der Waals surface area contributed by atoms with Crippen LogP contribution < -0.4 is 5.73 Å². The van der Waals surface area contributed by atoms with E-state index >= 15 is 0 Å². The summed E-state index contributed by atoms with van der Waals surface area (Å²) < 4.78 is 27.8. The van der Waals surface area contributed by atoms with Gasteiger partial charge in [-0.25, -0.2) is 8.42 Å². The van der Waals surface area contributed by atoms with Gasteiger partial charge in [0.1, 0.15) is 0 Å². The molecule has 3 atom stereocenters. The first-order valence-corrected chi connectivity index (χ1v) is 9.11. The molecule has 0 aromatic heterocycles. The van der Waals surface area contributed by atoms with Crippen molar-refractivity contribution in [2.45, 2.75) is 51.5 Å². The highest BCUT2D eigenvalue weighted by Crippen LogP contribution is 2.33. The maximum atomic E-state index is 13.1. The molecule has 0 spiro atoms. The molecule has 0 bridgehead atoms. The fraction of sp³-hybridized carbons (Fsp3) is 0.625. The van der Waals surface area contributed by atoms with Gasteiger partial charge < -0.3 is 5.73 Å². The standard InChI is InChI=1S/C16H26N2O2S/c1-5-14-6-7-15(17)9-16(14)21(19,20)18-10-11(2)8-12(3)13(18)4/h6-7,9,11-13H,5,8,10,17H2,1-4H3. The van der Waals surface area contributed by atoms with E-state index in [1.165, 1.54) is 0 Å². The van der Waals surface area contributed by atoms with E-state index in [0.29, 0.717) is 35.4 Å². The van der Waals surface area contributed by atoms with Gasteiger partial charge in [-0.2, -0.15) is 4.31 Å². The summed E-state index contributed by atoms with van der Waals surface area (Å²) in [6, 6.07) is 5.22. The molecule has 3 unspecified atom stereocenters. The summed E-state index contributed by atoms with van der Waals surface area (Å²) in [5, 5.41) is 0. The molecule has 1 aromatic rings. The Morgan fingerprint density at radius 1 is 1.29 bits per heavy atom. The Kier molecular flexibility index (Phi) is 4.63. The maximum Gasteiger partial charge on any atom is 0.243 e. The summed E-state index contributed by atoms with van der Waals surface area (Å²) in [5.74, 6) is 0.756. The van der Waals surface area contributed by atoms with Crippen molar-refractivity contribution in [2.75, 3.05) is 12.3 Å². The molecule has 2 N–H and O–H groups in total. The van der Waals surface area contributed by atoms with E-state index < -0.39 is 10.0 Å². The molecule has 1 saturated heterocycles. The second kappa shape index (κ2) is 5.97. The lowest BCUT2D eigenvalue weighted by Crippen LogP contribution is -2.48.